The highest BCUT2D eigenvalue weighted by molar-refractivity contribution is 5.73. The van der Waals surface area contributed by atoms with Gasteiger partial charge in [-0.2, -0.15) is 0 Å². The number of para-hydroxylation sites is 2. The molecule has 0 amide bonds. The number of hydrogen-bond acceptors (Lipinski definition) is 4. The molecule has 1 N–H and O–H groups in total. The smallest absolute Gasteiger partial charge is 0.143 e. The molecule has 0 saturated carbocycles. The highest BCUT2D eigenvalue weighted by Gasteiger charge is 2.30. The minimum Gasteiger partial charge on any atom is -0.487 e. The largest absolute Gasteiger partial charge is 0.487 e. The molecule has 0 radical (unpaired) electrons. The Balaban J connectivity index is 1.36. The molecule has 32 heavy (non-hydrogen) atoms. The Morgan fingerprint density at radius 3 is 2.72 bits per heavy atom. The van der Waals surface area contributed by atoms with E-state index >= 15 is 0 Å². The van der Waals surface area contributed by atoms with Crippen molar-refractivity contribution in [3.05, 3.63) is 83.7 Å². The molecule has 4 nitrogen and oxygen atoms in total. The van der Waals surface area contributed by atoms with E-state index in [1.165, 1.54) is 18.4 Å². The van der Waals surface area contributed by atoms with Crippen LogP contribution < -0.4 is 15.0 Å². The zero-order valence-corrected chi connectivity index (χ0v) is 18.6. The lowest BCUT2D eigenvalue weighted by Crippen LogP contribution is -2.39. The fourth-order valence-electron chi connectivity index (χ4n) is 4.94. The van der Waals surface area contributed by atoms with Crippen molar-refractivity contribution in [2.24, 2.45) is 0 Å². The second kappa shape index (κ2) is 9.21. The maximum Gasteiger partial charge on any atom is 0.143 e. The third kappa shape index (κ3) is 4.30. The SMILES string of the molecule is CNc1ccc(CCN2CCCC2CN2c3ccc(F)cc3COc3ccccc32)cc1. The molecule has 1 fully saturated rings. The fourth-order valence-corrected chi connectivity index (χ4v) is 4.94. The zero-order valence-electron chi connectivity index (χ0n) is 18.6. The average Bonchev–Trinajstić information content (AvgIpc) is 3.21. The van der Waals surface area contributed by atoms with Gasteiger partial charge < -0.3 is 15.0 Å². The van der Waals surface area contributed by atoms with Crippen LogP contribution in [0.25, 0.3) is 0 Å². The van der Waals surface area contributed by atoms with Gasteiger partial charge in [-0.1, -0.05) is 24.3 Å². The van der Waals surface area contributed by atoms with Crippen LogP contribution in [0.1, 0.15) is 24.0 Å². The van der Waals surface area contributed by atoms with Crippen LogP contribution in [-0.2, 0) is 13.0 Å². The van der Waals surface area contributed by atoms with Crippen molar-refractivity contribution < 1.29 is 9.13 Å². The Labute approximate surface area is 189 Å². The van der Waals surface area contributed by atoms with Crippen molar-refractivity contribution in [1.82, 2.24) is 4.90 Å². The van der Waals surface area contributed by atoms with Crippen molar-refractivity contribution in [3.8, 4) is 5.75 Å². The summed E-state index contributed by atoms with van der Waals surface area (Å²) in [5, 5.41) is 3.18. The molecule has 1 atom stereocenters. The molecular weight excluding hydrogens is 401 g/mol. The van der Waals surface area contributed by atoms with Gasteiger partial charge in [0.05, 0.1) is 5.69 Å². The Morgan fingerprint density at radius 2 is 1.88 bits per heavy atom. The first-order chi connectivity index (χ1) is 15.7. The average molecular weight is 432 g/mol. The van der Waals surface area contributed by atoms with Gasteiger partial charge in [-0.05, 0) is 73.8 Å². The number of anilines is 3. The minimum atomic E-state index is -0.218. The summed E-state index contributed by atoms with van der Waals surface area (Å²) in [5.41, 5.74) is 5.52. The van der Waals surface area contributed by atoms with E-state index in [0.29, 0.717) is 12.6 Å². The summed E-state index contributed by atoms with van der Waals surface area (Å²) < 4.78 is 20.0. The monoisotopic (exact) mass is 431 g/mol. The van der Waals surface area contributed by atoms with E-state index < -0.39 is 0 Å². The number of hydrogen-bond donors (Lipinski definition) is 1. The van der Waals surface area contributed by atoms with Gasteiger partial charge in [-0.3, -0.25) is 4.90 Å². The lowest BCUT2D eigenvalue weighted by atomic mass is 10.1. The third-order valence-electron chi connectivity index (χ3n) is 6.69. The summed E-state index contributed by atoms with van der Waals surface area (Å²) in [4.78, 5) is 4.95. The number of halogens is 1. The van der Waals surface area contributed by atoms with E-state index in [2.05, 4.69) is 45.4 Å². The highest BCUT2D eigenvalue weighted by atomic mass is 19.1. The molecule has 2 aliphatic heterocycles. The highest BCUT2D eigenvalue weighted by Crippen LogP contribution is 2.40. The second-order valence-electron chi connectivity index (χ2n) is 8.67. The van der Waals surface area contributed by atoms with Crippen molar-refractivity contribution in [3.63, 3.8) is 0 Å². The van der Waals surface area contributed by atoms with Gasteiger partial charge in [0.25, 0.3) is 0 Å². The summed E-state index contributed by atoms with van der Waals surface area (Å²) in [6, 6.07) is 22.4. The maximum absolute atomic E-state index is 14.0. The number of nitrogens with zero attached hydrogens (tertiary/aromatic N) is 2. The van der Waals surface area contributed by atoms with E-state index in [1.807, 2.05) is 31.3 Å². The summed E-state index contributed by atoms with van der Waals surface area (Å²) in [6.45, 7) is 3.43. The first-order valence-corrected chi connectivity index (χ1v) is 11.5. The number of benzene rings is 3. The summed E-state index contributed by atoms with van der Waals surface area (Å²) in [5.74, 6) is 0.642. The van der Waals surface area contributed by atoms with Gasteiger partial charge in [0.1, 0.15) is 18.2 Å². The molecule has 5 heteroatoms. The Kier molecular flexibility index (Phi) is 5.99. The molecule has 2 aliphatic rings. The molecule has 3 aromatic carbocycles. The molecule has 0 spiro atoms. The second-order valence-corrected chi connectivity index (χ2v) is 8.67. The van der Waals surface area contributed by atoms with Crippen LogP contribution in [0.3, 0.4) is 0 Å². The Hall–Kier alpha value is -3.05. The van der Waals surface area contributed by atoms with E-state index in [9.17, 15) is 4.39 Å². The van der Waals surface area contributed by atoms with E-state index in [1.54, 1.807) is 12.1 Å². The van der Waals surface area contributed by atoms with Gasteiger partial charge in [0, 0.05) is 43.1 Å². The van der Waals surface area contributed by atoms with Gasteiger partial charge in [0.15, 0.2) is 0 Å². The standard InChI is InChI=1S/C27H30FN3O/c1-29-23-11-8-20(9-12-23)14-16-30-15-4-5-24(30)18-31-25-13-10-22(28)17-21(25)19-32-27-7-3-2-6-26(27)31/h2-3,6-13,17,24,29H,4-5,14-16,18-19H2,1H3. The van der Waals surface area contributed by atoms with Crippen LogP contribution in [-0.4, -0.2) is 37.6 Å². The van der Waals surface area contributed by atoms with Crippen LogP contribution in [0.4, 0.5) is 21.5 Å². The van der Waals surface area contributed by atoms with E-state index in [0.717, 1.165) is 54.4 Å². The van der Waals surface area contributed by atoms with E-state index in [-0.39, 0.29) is 5.82 Å². The molecule has 5 rings (SSSR count). The molecular formula is C27H30FN3O. The summed E-state index contributed by atoms with van der Waals surface area (Å²) in [6.07, 6.45) is 3.43. The Bertz CT molecular complexity index is 1070. The molecule has 1 saturated heterocycles. The topological polar surface area (TPSA) is 27.7 Å². The molecule has 0 bridgehead atoms. The molecule has 166 valence electrons. The maximum atomic E-state index is 14.0. The number of nitrogens with one attached hydrogen (secondary N) is 1. The molecule has 0 aromatic heterocycles. The summed E-state index contributed by atoms with van der Waals surface area (Å²) in [7, 11) is 1.95. The minimum absolute atomic E-state index is 0.218. The van der Waals surface area contributed by atoms with Crippen molar-refractivity contribution in [2.75, 3.05) is 36.9 Å². The first kappa shape index (κ1) is 20.8. The van der Waals surface area contributed by atoms with Crippen molar-refractivity contribution in [2.45, 2.75) is 31.9 Å². The summed E-state index contributed by atoms with van der Waals surface area (Å²) >= 11 is 0. The molecule has 0 aliphatic carbocycles. The van der Waals surface area contributed by atoms with Crippen LogP contribution >= 0.6 is 0 Å². The normalized spacial score (nSPS) is 17.9. The quantitative estimate of drug-likeness (QED) is 0.549. The van der Waals surface area contributed by atoms with Crippen LogP contribution in [0.2, 0.25) is 0 Å². The number of fused-ring (bicyclic) bond motifs is 2. The lowest BCUT2D eigenvalue weighted by molar-refractivity contribution is 0.261. The zero-order chi connectivity index (χ0) is 21.9. The number of likely N-dealkylation sites (tertiary alicyclic amines) is 1. The predicted molar refractivity (Wildman–Crippen MR) is 128 cm³/mol. The number of ether oxygens (including phenoxy) is 1. The van der Waals surface area contributed by atoms with Crippen LogP contribution in [0.5, 0.6) is 5.75 Å². The van der Waals surface area contributed by atoms with E-state index in [4.69, 9.17) is 4.74 Å². The predicted octanol–water partition coefficient (Wildman–Crippen LogP) is 5.61. The molecule has 1 unspecified atom stereocenters. The number of rotatable bonds is 6. The van der Waals surface area contributed by atoms with Crippen LogP contribution in [0, 0.1) is 5.82 Å². The third-order valence-corrected chi connectivity index (χ3v) is 6.69. The van der Waals surface area contributed by atoms with Crippen LogP contribution in [0.15, 0.2) is 66.7 Å². The van der Waals surface area contributed by atoms with Crippen molar-refractivity contribution in [1.29, 1.82) is 0 Å². The molecule has 3 aromatic rings. The van der Waals surface area contributed by atoms with Gasteiger partial charge in [-0.25, -0.2) is 4.39 Å². The lowest BCUT2D eigenvalue weighted by Gasteiger charge is -2.32. The van der Waals surface area contributed by atoms with Gasteiger partial charge in [-0.15, -0.1) is 0 Å². The van der Waals surface area contributed by atoms with Gasteiger partial charge in [0.2, 0.25) is 0 Å². The Morgan fingerprint density at radius 1 is 1.03 bits per heavy atom. The van der Waals surface area contributed by atoms with Crippen molar-refractivity contribution >= 4 is 17.1 Å². The molecule has 2 heterocycles. The van der Waals surface area contributed by atoms with Gasteiger partial charge >= 0.3 is 0 Å². The fraction of sp³-hybridized carbons (Fsp3) is 0.333. The first-order valence-electron chi connectivity index (χ1n) is 11.5.